The standard InChI is InChI=1S/C7H11N3O2S2/c1-4-5(14(3,11)12)6(8)10-7(9-4)13-2/h1-3H3,(H2,8,9,10). The molecule has 14 heavy (non-hydrogen) atoms. The Morgan fingerprint density at radius 2 is 1.93 bits per heavy atom. The lowest BCUT2D eigenvalue weighted by atomic mass is 10.4. The Labute approximate surface area is 87.1 Å². The highest BCUT2D eigenvalue weighted by Gasteiger charge is 2.18. The summed E-state index contributed by atoms with van der Waals surface area (Å²) in [4.78, 5) is 7.90. The number of thioether (sulfide) groups is 1. The molecule has 0 saturated carbocycles. The van der Waals surface area contributed by atoms with Gasteiger partial charge in [0, 0.05) is 6.26 Å². The lowest BCUT2D eigenvalue weighted by Crippen LogP contribution is -2.09. The molecule has 1 aromatic rings. The van der Waals surface area contributed by atoms with Gasteiger partial charge in [0.05, 0.1) is 5.69 Å². The molecule has 0 aromatic carbocycles. The van der Waals surface area contributed by atoms with Crippen molar-refractivity contribution in [2.45, 2.75) is 17.0 Å². The fourth-order valence-electron chi connectivity index (χ4n) is 1.11. The Morgan fingerprint density at radius 3 is 2.29 bits per heavy atom. The lowest BCUT2D eigenvalue weighted by molar-refractivity contribution is 0.600. The molecule has 0 unspecified atom stereocenters. The van der Waals surface area contributed by atoms with Crippen LogP contribution in [0.15, 0.2) is 10.1 Å². The van der Waals surface area contributed by atoms with Gasteiger partial charge in [-0.2, -0.15) is 0 Å². The Bertz CT molecular complexity index is 433. The number of anilines is 1. The smallest absolute Gasteiger partial charge is 0.189 e. The zero-order chi connectivity index (χ0) is 10.9. The van der Waals surface area contributed by atoms with Gasteiger partial charge in [0.15, 0.2) is 15.0 Å². The summed E-state index contributed by atoms with van der Waals surface area (Å²) in [5.74, 6) is 0.0179. The topological polar surface area (TPSA) is 85.9 Å². The zero-order valence-corrected chi connectivity index (χ0v) is 9.74. The number of nitrogens with two attached hydrogens (primary N) is 1. The van der Waals surface area contributed by atoms with Crippen molar-refractivity contribution in [2.75, 3.05) is 18.2 Å². The molecule has 0 aliphatic rings. The maximum absolute atomic E-state index is 11.3. The summed E-state index contributed by atoms with van der Waals surface area (Å²) in [5, 5.41) is 0.479. The van der Waals surface area contributed by atoms with Crippen molar-refractivity contribution in [1.29, 1.82) is 0 Å². The van der Waals surface area contributed by atoms with Gasteiger partial charge in [-0.25, -0.2) is 18.4 Å². The highest BCUT2D eigenvalue weighted by molar-refractivity contribution is 7.98. The van der Waals surface area contributed by atoms with Crippen molar-refractivity contribution in [3.8, 4) is 0 Å². The molecule has 1 heterocycles. The van der Waals surface area contributed by atoms with Gasteiger partial charge in [-0.1, -0.05) is 11.8 Å². The number of hydrogen-bond donors (Lipinski definition) is 1. The lowest BCUT2D eigenvalue weighted by Gasteiger charge is -2.06. The average molecular weight is 233 g/mol. The first kappa shape index (κ1) is 11.3. The van der Waals surface area contributed by atoms with Gasteiger partial charge in [0.25, 0.3) is 0 Å². The van der Waals surface area contributed by atoms with Gasteiger partial charge in [0.2, 0.25) is 0 Å². The molecule has 1 rings (SSSR count). The highest BCUT2D eigenvalue weighted by Crippen LogP contribution is 2.21. The summed E-state index contributed by atoms with van der Waals surface area (Å²) in [6, 6.07) is 0. The molecule has 5 nitrogen and oxygen atoms in total. The summed E-state index contributed by atoms with van der Waals surface area (Å²) in [6.07, 6.45) is 2.89. The van der Waals surface area contributed by atoms with Gasteiger partial charge in [-0.05, 0) is 13.2 Å². The van der Waals surface area contributed by atoms with Crippen LogP contribution < -0.4 is 5.73 Å². The first-order valence-electron chi connectivity index (χ1n) is 3.74. The van der Waals surface area contributed by atoms with E-state index in [0.717, 1.165) is 6.26 Å². The van der Waals surface area contributed by atoms with Crippen LogP contribution in [0.5, 0.6) is 0 Å². The normalized spacial score (nSPS) is 11.6. The molecule has 0 bridgehead atoms. The summed E-state index contributed by atoms with van der Waals surface area (Å²) in [5.41, 5.74) is 5.93. The zero-order valence-electron chi connectivity index (χ0n) is 8.10. The van der Waals surface area contributed by atoms with Gasteiger partial charge >= 0.3 is 0 Å². The van der Waals surface area contributed by atoms with Crippen LogP contribution in [0.1, 0.15) is 5.69 Å². The van der Waals surface area contributed by atoms with E-state index in [1.165, 1.54) is 11.8 Å². The molecular weight excluding hydrogens is 222 g/mol. The average Bonchev–Trinajstić information content (AvgIpc) is 1.99. The van der Waals surface area contributed by atoms with Crippen LogP contribution in [0.4, 0.5) is 5.82 Å². The largest absolute Gasteiger partial charge is 0.382 e. The van der Waals surface area contributed by atoms with E-state index in [9.17, 15) is 8.42 Å². The second kappa shape index (κ2) is 3.74. The molecule has 0 aliphatic carbocycles. The van der Waals surface area contributed by atoms with E-state index in [1.807, 2.05) is 0 Å². The van der Waals surface area contributed by atoms with E-state index < -0.39 is 9.84 Å². The fraction of sp³-hybridized carbons (Fsp3) is 0.429. The molecular formula is C7H11N3O2S2. The van der Waals surface area contributed by atoms with Crippen LogP contribution in [0.3, 0.4) is 0 Å². The quantitative estimate of drug-likeness (QED) is 0.591. The molecule has 78 valence electrons. The summed E-state index contributed by atoms with van der Waals surface area (Å²) in [7, 11) is -3.35. The maximum Gasteiger partial charge on any atom is 0.189 e. The number of aromatic nitrogens is 2. The van der Waals surface area contributed by atoms with E-state index in [1.54, 1.807) is 13.2 Å². The fourth-order valence-corrected chi connectivity index (χ4v) is 2.53. The number of hydrogen-bond acceptors (Lipinski definition) is 6. The predicted octanol–water partition coefficient (Wildman–Crippen LogP) is 0.493. The first-order valence-corrected chi connectivity index (χ1v) is 6.86. The van der Waals surface area contributed by atoms with Crippen molar-refractivity contribution in [3.63, 3.8) is 0 Å². The SMILES string of the molecule is CSc1nc(C)c(S(C)(=O)=O)c(N)n1. The summed E-state index contributed by atoms with van der Waals surface area (Å²) in [6.45, 7) is 1.61. The second-order valence-corrected chi connectivity index (χ2v) is 5.51. The van der Waals surface area contributed by atoms with Crippen LogP contribution in [0.25, 0.3) is 0 Å². The molecule has 2 N–H and O–H groups in total. The first-order chi connectivity index (χ1) is 6.36. The van der Waals surface area contributed by atoms with Gasteiger partial charge in [-0.15, -0.1) is 0 Å². The second-order valence-electron chi connectivity index (χ2n) is 2.78. The summed E-state index contributed by atoms with van der Waals surface area (Å²) < 4.78 is 22.6. The van der Waals surface area contributed by atoms with Crippen LogP contribution in [-0.2, 0) is 9.84 Å². The van der Waals surface area contributed by atoms with Crippen molar-refractivity contribution in [2.24, 2.45) is 0 Å². The van der Waals surface area contributed by atoms with E-state index in [0.29, 0.717) is 10.9 Å². The Kier molecular flexibility index (Phi) is 3.01. The van der Waals surface area contributed by atoms with Crippen molar-refractivity contribution >= 4 is 27.4 Å². The molecule has 0 spiro atoms. The Hall–Kier alpha value is -0.820. The third-order valence-corrected chi connectivity index (χ3v) is 3.39. The van der Waals surface area contributed by atoms with E-state index >= 15 is 0 Å². The van der Waals surface area contributed by atoms with Crippen LogP contribution in [0, 0.1) is 6.92 Å². The van der Waals surface area contributed by atoms with Gasteiger partial charge in [-0.3, -0.25) is 0 Å². The van der Waals surface area contributed by atoms with Crippen molar-refractivity contribution < 1.29 is 8.42 Å². The minimum atomic E-state index is -3.35. The minimum Gasteiger partial charge on any atom is -0.382 e. The maximum atomic E-state index is 11.3. The number of nitrogen functional groups attached to an aromatic ring is 1. The number of rotatable bonds is 2. The molecule has 0 saturated heterocycles. The molecule has 0 radical (unpaired) electrons. The molecule has 0 fully saturated rings. The highest BCUT2D eigenvalue weighted by atomic mass is 32.2. The number of aryl methyl sites for hydroxylation is 1. The Morgan fingerprint density at radius 1 is 1.36 bits per heavy atom. The van der Waals surface area contributed by atoms with Crippen LogP contribution in [-0.4, -0.2) is 30.9 Å². The molecule has 0 amide bonds. The predicted molar refractivity (Wildman–Crippen MR) is 56.1 cm³/mol. The van der Waals surface area contributed by atoms with Crippen molar-refractivity contribution in [3.05, 3.63) is 5.69 Å². The van der Waals surface area contributed by atoms with Gasteiger partial charge < -0.3 is 5.73 Å². The third-order valence-electron chi connectivity index (χ3n) is 1.59. The van der Waals surface area contributed by atoms with Gasteiger partial charge in [0.1, 0.15) is 10.7 Å². The summed E-state index contributed by atoms with van der Waals surface area (Å²) >= 11 is 1.32. The minimum absolute atomic E-state index is 0.0179. The van der Waals surface area contributed by atoms with E-state index in [2.05, 4.69) is 9.97 Å². The van der Waals surface area contributed by atoms with E-state index in [4.69, 9.17) is 5.73 Å². The molecule has 7 heteroatoms. The van der Waals surface area contributed by atoms with Crippen LogP contribution >= 0.6 is 11.8 Å². The number of nitrogens with zero attached hydrogens (tertiary/aromatic N) is 2. The van der Waals surface area contributed by atoms with Crippen molar-refractivity contribution in [1.82, 2.24) is 9.97 Å². The monoisotopic (exact) mass is 233 g/mol. The molecule has 1 aromatic heterocycles. The third kappa shape index (κ3) is 2.16. The molecule has 0 aliphatic heterocycles. The Balaban J connectivity index is 3.48. The van der Waals surface area contributed by atoms with E-state index in [-0.39, 0.29) is 10.7 Å². The number of sulfone groups is 1. The van der Waals surface area contributed by atoms with Crippen LogP contribution in [0.2, 0.25) is 0 Å². The molecule has 0 atom stereocenters.